The van der Waals surface area contributed by atoms with E-state index in [1.54, 1.807) is 36.2 Å². The number of piperazine rings is 1. The van der Waals surface area contributed by atoms with Gasteiger partial charge in [-0.15, -0.1) is 0 Å². The summed E-state index contributed by atoms with van der Waals surface area (Å²) in [5.74, 6) is -1.61. The number of benzene rings is 3. The van der Waals surface area contributed by atoms with Gasteiger partial charge in [-0.05, 0) is 67.2 Å². The van der Waals surface area contributed by atoms with E-state index in [1.807, 2.05) is 0 Å². The Bertz CT molecular complexity index is 1580. The van der Waals surface area contributed by atoms with Crippen molar-refractivity contribution in [2.24, 2.45) is 0 Å². The van der Waals surface area contributed by atoms with E-state index >= 15 is 0 Å². The highest BCUT2D eigenvalue weighted by molar-refractivity contribution is 6.37. The van der Waals surface area contributed by atoms with Crippen molar-refractivity contribution >= 4 is 51.8 Å². The Hall–Kier alpha value is -5.07. The second-order valence-electron chi connectivity index (χ2n) is 10.3. The molecule has 216 valence electrons. The van der Waals surface area contributed by atoms with Crippen LogP contribution in [0.25, 0.3) is 11.3 Å². The van der Waals surface area contributed by atoms with E-state index in [1.165, 1.54) is 42.5 Å². The molecule has 3 aromatic carbocycles. The number of anilines is 3. The van der Waals surface area contributed by atoms with Crippen molar-refractivity contribution < 1.29 is 24.4 Å². The van der Waals surface area contributed by atoms with Crippen LogP contribution in [0, 0.1) is 10.1 Å². The summed E-state index contributed by atoms with van der Waals surface area (Å²) in [7, 11) is 3.79. The molecule has 0 bridgehead atoms. The summed E-state index contributed by atoms with van der Waals surface area (Å²) in [6.07, 6.45) is 0. The molecule has 5 rings (SSSR count). The first-order chi connectivity index (χ1) is 20.1. The molecule has 0 unspecified atom stereocenters. The molecule has 0 atom stereocenters. The van der Waals surface area contributed by atoms with Gasteiger partial charge in [0.15, 0.2) is 0 Å². The molecule has 0 spiro atoms. The van der Waals surface area contributed by atoms with Crippen LogP contribution < -0.4 is 15.5 Å². The zero-order chi connectivity index (χ0) is 30.0. The quantitative estimate of drug-likeness (QED) is 0.210. The third kappa shape index (κ3) is 5.99. The number of hydrogen-bond acceptors (Lipinski definition) is 8. The van der Waals surface area contributed by atoms with Gasteiger partial charge < -0.3 is 25.5 Å². The minimum absolute atomic E-state index is 0.0134. The van der Waals surface area contributed by atoms with Crippen molar-refractivity contribution in [3.63, 3.8) is 0 Å². The molecule has 0 aromatic heterocycles. The predicted molar refractivity (Wildman–Crippen MR) is 159 cm³/mol. The number of carboxylic acid groups (broad SMARTS) is 1. The van der Waals surface area contributed by atoms with E-state index in [9.17, 15) is 29.6 Å². The first-order valence-corrected chi connectivity index (χ1v) is 13.3. The number of hydrogen-bond donors (Lipinski definition) is 3. The molecule has 3 aromatic rings. The van der Waals surface area contributed by atoms with Crippen LogP contribution in [-0.2, 0) is 9.59 Å². The highest BCUT2D eigenvalue weighted by Gasteiger charge is 2.30. The first-order valence-electron chi connectivity index (χ1n) is 13.3. The van der Waals surface area contributed by atoms with Crippen molar-refractivity contribution in [3.8, 4) is 0 Å². The molecule has 3 N–H and O–H groups in total. The second-order valence-corrected chi connectivity index (χ2v) is 10.3. The van der Waals surface area contributed by atoms with Crippen LogP contribution in [0.1, 0.15) is 21.5 Å². The number of fused-ring (bicyclic) bond motifs is 1. The highest BCUT2D eigenvalue weighted by Crippen LogP contribution is 2.38. The molecule has 0 aliphatic carbocycles. The zero-order valence-corrected chi connectivity index (χ0v) is 23.2. The molecule has 2 amide bonds. The number of non-ortho nitro benzene ring substituents is 1. The van der Waals surface area contributed by atoms with E-state index in [2.05, 4.69) is 27.5 Å². The van der Waals surface area contributed by atoms with Crippen LogP contribution in [0.3, 0.4) is 0 Å². The topological polar surface area (TPSA) is 148 Å². The molecule has 12 heteroatoms. The van der Waals surface area contributed by atoms with Crippen LogP contribution >= 0.6 is 0 Å². The monoisotopic (exact) mass is 570 g/mol. The van der Waals surface area contributed by atoms with Gasteiger partial charge in [-0.25, -0.2) is 4.79 Å². The molecule has 2 heterocycles. The molecule has 2 aliphatic rings. The van der Waals surface area contributed by atoms with Crippen LogP contribution in [0.4, 0.5) is 22.7 Å². The van der Waals surface area contributed by atoms with Gasteiger partial charge in [0.25, 0.3) is 11.6 Å². The number of amides is 2. The van der Waals surface area contributed by atoms with Gasteiger partial charge in [0.1, 0.15) is 0 Å². The summed E-state index contributed by atoms with van der Waals surface area (Å²) in [5.41, 5.74) is 3.07. The lowest BCUT2D eigenvalue weighted by molar-refractivity contribution is -0.384. The van der Waals surface area contributed by atoms with Crippen molar-refractivity contribution in [1.29, 1.82) is 0 Å². The van der Waals surface area contributed by atoms with E-state index < -0.39 is 16.8 Å². The number of rotatable bonds is 8. The van der Waals surface area contributed by atoms with Gasteiger partial charge in [-0.3, -0.25) is 24.6 Å². The van der Waals surface area contributed by atoms with Crippen molar-refractivity contribution in [1.82, 2.24) is 9.80 Å². The summed E-state index contributed by atoms with van der Waals surface area (Å²) < 4.78 is 0. The van der Waals surface area contributed by atoms with Crippen molar-refractivity contribution in [3.05, 3.63) is 93.5 Å². The highest BCUT2D eigenvalue weighted by atomic mass is 16.6. The van der Waals surface area contributed by atoms with Crippen LogP contribution in [-0.4, -0.2) is 84.4 Å². The fourth-order valence-electron chi connectivity index (χ4n) is 4.94. The Morgan fingerprint density at radius 3 is 2.26 bits per heavy atom. The number of likely N-dealkylation sites (N-methyl/N-ethyl adjacent to an activating group) is 2. The number of nitrogens with one attached hydrogen (secondary N) is 2. The second kappa shape index (κ2) is 11.8. The molecule has 1 fully saturated rings. The zero-order valence-electron chi connectivity index (χ0n) is 23.2. The Balaban J connectivity index is 1.45. The minimum atomic E-state index is -1.14. The van der Waals surface area contributed by atoms with Crippen LogP contribution in [0.2, 0.25) is 0 Å². The third-order valence-corrected chi connectivity index (χ3v) is 7.48. The summed E-state index contributed by atoms with van der Waals surface area (Å²) in [6.45, 7) is 3.84. The lowest BCUT2D eigenvalue weighted by Crippen LogP contribution is -2.48. The molecule has 12 nitrogen and oxygen atoms in total. The van der Waals surface area contributed by atoms with Gasteiger partial charge in [0.2, 0.25) is 5.91 Å². The molecule has 0 saturated carbocycles. The van der Waals surface area contributed by atoms with Gasteiger partial charge in [0.05, 0.1) is 28.3 Å². The number of aromatic carboxylic acids is 1. The maximum absolute atomic E-state index is 13.2. The number of carboxylic acids is 1. The van der Waals surface area contributed by atoms with Gasteiger partial charge >= 0.3 is 5.97 Å². The number of carbonyl (C=O) groups excluding carboxylic acids is 2. The van der Waals surface area contributed by atoms with Gasteiger partial charge in [0, 0.05) is 68.0 Å². The molecule has 2 aliphatic heterocycles. The average Bonchev–Trinajstić information content (AvgIpc) is 3.31. The standard InChI is InChI=1S/C30H30N6O6/c1-33-13-15-35(16-14-33)18-26(37)34(2)22-10-6-21(7-11-22)31-28(19-3-8-23(9-4-19)36(41)42)27-24-17-20(30(39)40)5-12-25(24)32-29(27)38/h3-12,17,31H,13-16,18H2,1-2H3,(H,32,38)(H,39,40). The molecular formula is C30H30N6O6. The summed E-state index contributed by atoms with van der Waals surface area (Å²) in [4.78, 5) is 54.4. The number of nitrogens with zero attached hydrogens (tertiary/aromatic N) is 4. The smallest absolute Gasteiger partial charge is 0.335 e. The Morgan fingerprint density at radius 2 is 1.64 bits per heavy atom. The largest absolute Gasteiger partial charge is 0.478 e. The average molecular weight is 571 g/mol. The Morgan fingerprint density at radius 1 is 1.00 bits per heavy atom. The van der Waals surface area contributed by atoms with Crippen LogP contribution in [0.5, 0.6) is 0 Å². The lowest BCUT2D eigenvalue weighted by atomic mass is 9.98. The Kier molecular flexibility index (Phi) is 8.00. The molecule has 1 saturated heterocycles. The lowest BCUT2D eigenvalue weighted by Gasteiger charge is -2.32. The SMILES string of the molecule is CN1CCN(CC(=O)N(C)c2ccc(NC(=C3C(=O)Nc4ccc(C(=O)O)cc43)c3ccc([N+](=O)[O-])cc3)cc2)CC1. The predicted octanol–water partition coefficient (Wildman–Crippen LogP) is 3.44. The summed E-state index contributed by atoms with van der Waals surface area (Å²) >= 11 is 0. The van der Waals surface area contributed by atoms with E-state index in [-0.39, 0.29) is 22.7 Å². The molecular weight excluding hydrogens is 540 g/mol. The maximum Gasteiger partial charge on any atom is 0.335 e. The van der Waals surface area contributed by atoms with Gasteiger partial charge in [-0.1, -0.05) is 0 Å². The van der Waals surface area contributed by atoms with Crippen molar-refractivity contribution in [2.75, 3.05) is 62.4 Å². The van der Waals surface area contributed by atoms with Crippen LogP contribution in [0.15, 0.2) is 66.7 Å². The number of nitro groups is 1. The third-order valence-electron chi connectivity index (χ3n) is 7.48. The fourth-order valence-corrected chi connectivity index (χ4v) is 4.94. The summed E-state index contributed by atoms with van der Waals surface area (Å²) in [6, 6.07) is 17.2. The molecule has 42 heavy (non-hydrogen) atoms. The number of carbonyl (C=O) groups is 3. The molecule has 0 radical (unpaired) electrons. The van der Waals surface area contributed by atoms with Crippen molar-refractivity contribution in [2.45, 2.75) is 0 Å². The fraction of sp³-hybridized carbons (Fsp3) is 0.233. The van der Waals surface area contributed by atoms with E-state index in [0.717, 1.165) is 26.2 Å². The normalized spacial score (nSPS) is 16.4. The maximum atomic E-state index is 13.2. The number of nitro benzene ring substituents is 1. The minimum Gasteiger partial charge on any atom is -0.478 e. The Labute approximate surface area is 242 Å². The summed E-state index contributed by atoms with van der Waals surface area (Å²) in [5, 5.41) is 26.8. The van der Waals surface area contributed by atoms with Gasteiger partial charge in [-0.2, -0.15) is 0 Å². The first kappa shape index (κ1) is 28.5. The van der Waals surface area contributed by atoms with E-state index in [4.69, 9.17) is 0 Å². The van der Waals surface area contributed by atoms with E-state index in [0.29, 0.717) is 40.4 Å².